The first-order chi connectivity index (χ1) is 13.6. The third-order valence-corrected chi connectivity index (χ3v) is 3.82. The number of para-hydroxylation sites is 2. The molecule has 2 aromatic heterocycles. The summed E-state index contributed by atoms with van der Waals surface area (Å²) in [5, 5.41) is 20.5. The van der Waals surface area contributed by atoms with E-state index >= 15 is 0 Å². The predicted octanol–water partition coefficient (Wildman–Crippen LogP) is 2.20. The molecule has 0 radical (unpaired) electrons. The van der Waals surface area contributed by atoms with E-state index in [2.05, 4.69) is 25.8 Å². The number of hydrogen-bond donors (Lipinski definition) is 2. The van der Waals surface area contributed by atoms with Gasteiger partial charge in [0, 0.05) is 50.0 Å². The number of aromatic nitrogens is 3. The number of carbonyl (C=O) groups excluding carboxylic acids is 1. The zero-order valence-corrected chi connectivity index (χ0v) is 14.9. The number of benzene rings is 1. The standard InChI is InChI=1S/C18H18N6O4/c25-16(21-11-10-20-14-5-1-2-6-15(14)24(26)27)7-8-17-22-18(23-28-17)13-4-3-9-19-12-13/h1-6,9,12,20H,7-8,10-11H2,(H,21,25). The van der Waals surface area contributed by atoms with Gasteiger partial charge in [0.1, 0.15) is 5.69 Å². The number of anilines is 1. The Morgan fingerprint density at radius 3 is 2.82 bits per heavy atom. The topological polar surface area (TPSA) is 136 Å². The Labute approximate surface area is 160 Å². The van der Waals surface area contributed by atoms with Crippen LogP contribution in [0.5, 0.6) is 0 Å². The molecular formula is C18H18N6O4. The molecule has 10 nitrogen and oxygen atoms in total. The SMILES string of the molecule is O=C(CCc1nc(-c2cccnc2)no1)NCCNc1ccccc1[N+](=O)[O-]. The first-order valence-electron chi connectivity index (χ1n) is 8.60. The van der Waals surface area contributed by atoms with E-state index in [4.69, 9.17) is 4.52 Å². The Balaban J connectivity index is 1.40. The predicted molar refractivity (Wildman–Crippen MR) is 100 cm³/mol. The maximum absolute atomic E-state index is 11.9. The molecule has 10 heteroatoms. The summed E-state index contributed by atoms with van der Waals surface area (Å²) in [5.41, 5.74) is 1.15. The molecule has 0 aliphatic carbocycles. The summed E-state index contributed by atoms with van der Waals surface area (Å²) < 4.78 is 5.14. The molecule has 3 aromatic rings. The van der Waals surface area contributed by atoms with Gasteiger partial charge >= 0.3 is 0 Å². The Kier molecular flexibility index (Phi) is 6.24. The molecule has 0 spiro atoms. The molecule has 2 heterocycles. The van der Waals surface area contributed by atoms with Crippen molar-refractivity contribution < 1.29 is 14.2 Å². The van der Waals surface area contributed by atoms with E-state index in [9.17, 15) is 14.9 Å². The second kappa shape index (κ2) is 9.21. The monoisotopic (exact) mass is 382 g/mol. The number of nitrogens with zero attached hydrogens (tertiary/aromatic N) is 4. The molecule has 0 unspecified atom stereocenters. The highest BCUT2D eigenvalue weighted by molar-refractivity contribution is 5.76. The number of hydrogen-bond acceptors (Lipinski definition) is 8. The number of pyridine rings is 1. The maximum atomic E-state index is 11.9. The summed E-state index contributed by atoms with van der Waals surface area (Å²) in [6, 6.07) is 9.94. The second-order valence-electron chi connectivity index (χ2n) is 5.80. The highest BCUT2D eigenvalue weighted by Crippen LogP contribution is 2.22. The molecule has 0 aliphatic heterocycles. The highest BCUT2D eigenvalue weighted by Gasteiger charge is 2.12. The van der Waals surface area contributed by atoms with Gasteiger partial charge in [-0.15, -0.1) is 0 Å². The molecule has 28 heavy (non-hydrogen) atoms. The fraction of sp³-hybridized carbons (Fsp3) is 0.222. The van der Waals surface area contributed by atoms with Crippen LogP contribution in [0.4, 0.5) is 11.4 Å². The normalized spacial score (nSPS) is 10.4. The molecule has 1 aromatic carbocycles. The zero-order chi connectivity index (χ0) is 19.8. The minimum atomic E-state index is -0.453. The lowest BCUT2D eigenvalue weighted by atomic mass is 10.2. The zero-order valence-electron chi connectivity index (χ0n) is 14.9. The molecule has 0 atom stereocenters. The fourth-order valence-corrected chi connectivity index (χ4v) is 2.46. The van der Waals surface area contributed by atoms with E-state index in [-0.39, 0.29) is 18.0 Å². The highest BCUT2D eigenvalue weighted by atomic mass is 16.6. The number of nitro benzene ring substituents is 1. The molecule has 0 fully saturated rings. The molecule has 2 N–H and O–H groups in total. The van der Waals surface area contributed by atoms with Gasteiger partial charge < -0.3 is 15.2 Å². The van der Waals surface area contributed by atoms with Crippen LogP contribution < -0.4 is 10.6 Å². The van der Waals surface area contributed by atoms with Gasteiger partial charge in [0.25, 0.3) is 5.69 Å². The number of nitrogens with one attached hydrogen (secondary N) is 2. The summed E-state index contributed by atoms with van der Waals surface area (Å²) in [6.07, 6.45) is 3.79. The molecule has 0 bridgehead atoms. The number of aryl methyl sites for hydroxylation is 1. The Morgan fingerprint density at radius 1 is 1.18 bits per heavy atom. The van der Waals surface area contributed by atoms with E-state index in [1.165, 1.54) is 6.07 Å². The van der Waals surface area contributed by atoms with Crippen LogP contribution in [0.3, 0.4) is 0 Å². The van der Waals surface area contributed by atoms with Crippen molar-refractivity contribution >= 4 is 17.3 Å². The van der Waals surface area contributed by atoms with Crippen molar-refractivity contribution in [3.8, 4) is 11.4 Å². The summed E-state index contributed by atoms with van der Waals surface area (Å²) >= 11 is 0. The largest absolute Gasteiger partial charge is 0.378 e. The Morgan fingerprint density at radius 2 is 2.04 bits per heavy atom. The number of carbonyl (C=O) groups is 1. The fourth-order valence-electron chi connectivity index (χ4n) is 2.46. The molecule has 0 saturated carbocycles. The minimum Gasteiger partial charge on any atom is -0.378 e. The summed E-state index contributed by atoms with van der Waals surface area (Å²) in [7, 11) is 0. The number of nitro groups is 1. The Bertz CT molecular complexity index is 944. The van der Waals surface area contributed by atoms with Crippen molar-refractivity contribution in [2.45, 2.75) is 12.8 Å². The van der Waals surface area contributed by atoms with Crippen LogP contribution in [-0.2, 0) is 11.2 Å². The van der Waals surface area contributed by atoms with Gasteiger partial charge in [-0.3, -0.25) is 19.9 Å². The lowest BCUT2D eigenvalue weighted by Crippen LogP contribution is -2.29. The lowest BCUT2D eigenvalue weighted by molar-refractivity contribution is -0.384. The van der Waals surface area contributed by atoms with Gasteiger partial charge in [-0.2, -0.15) is 4.98 Å². The minimum absolute atomic E-state index is 0.00496. The third-order valence-electron chi connectivity index (χ3n) is 3.82. The van der Waals surface area contributed by atoms with Crippen LogP contribution in [0.25, 0.3) is 11.4 Å². The van der Waals surface area contributed by atoms with Crippen LogP contribution in [0.15, 0.2) is 53.3 Å². The summed E-state index contributed by atoms with van der Waals surface area (Å²) in [6.45, 7) is 0.692. The van der Waals surface area contributed by atoms with Crippen LogP contribution in [-0.4, -0.2) is 39.0 Å². The first kappa shape index (κ1) is 19.0. The van der Waals surface area contributed by atoms with E-state index in [0.717, 1.165) is 5.56 Å². The first-order valence-corrected chi connectivity index (χ1v) is 8.60. The Hall–Kier alpha value is -3.82. The summed E-state index contributed by atoms with van der Waals surface area (Å²) in [5.74, 6) is 0.620. The van der Waals surface area contributed by atoms with E-state index < -0.39 is 4.92 Å². The quantitative estimate of drug-likeness (QED) is 0.326. The third kappa shape index (κ3) is 5.10. The van der Waals surface area contributed by atoms with Gasteiger partial charge in [-0.1, -0.05) is 17.3 Å². The number of rotatable bonds is 9. The van der Waals surface area contributed by atoms with Crippen molar-refractivity contribution in [2.24, 2.45) is 0 Å². The van der Waals surface area contributed by atoms with Gasteiger partial charge in [0.05, 0.1) is 4.92 Å². The van der Waals surface area contributed by atoms with Crippen molar-refractivity contribution in [1.29, 1.82) is 0 Å². The number of amides is 1. The maximum Gasteiger partial charge on any atom is 0.292 e. The average Bonchev–Trinajstić information content (AvgIpc) is 3.20. The van der Waals surface area contributed by atoms with Gasteiger partial charge in [0.15, 0.2) is 0 Å². The molecule has 0 aliphatic rings. The van der Waals surface area contributed by atoms with E-state index in [1.807, 2.05) is 6.07 Å². The van der Waals surface area contributed by atoms with Crippen LogP contribution >= 0.6 is 0 Å². The van der Waals surface area contributed by atoms with Crippen molar-refractivity contribution in [1.82, 2.24) is 20.4 Å². The van der Waals surface area contributed by atoms with Crippen molar-refractivity contribution in [3.63, 3.8) is 0 Å². The van der Waals surface area contributed by atoms with Crippen molar-refractivity contribution in [3.05, 3.63) is 64.8 Å². The molecule has 1 amide bonds. The van der Waals surface area contributed by atoms with E-state index in [1.54, 1.807) is 36.7 Å². The van der Waals surface area contributed by atoms with Crippen molar-refractivity contribution in [2.75, 3.05) is 18.4 Å². The van der Waals surface area contributed by atoms with Crippen LogP contribution in [0.2, 0.25) is 0 Å². The van der Waals surface area contributed by atoms with Gasteiger partial charge in [-0.25, -0.2) is 0 Å². The van der Waals surface area contributed by atoms with E-state index in [0.29, 0.717) is 36.9 Å². The molecule has 0 saturated heterocycles. The lowest BCUT2D eigenvalue weighted by Gasteiger charge is -2.08. The van der Waals surface area contributed by atoms with Crippen LogP contribution in [0, 0.1) is 10.1 Å². The summed E-state index contributed by atoms with van der Waals surface area (Å²) in [4.78, 5) is 30.7. The average molecular weight is 382 g/mol. The smallest absolute Gasteiger partial charge is 0.292 e. The van der Waals surface area contributed by atoms with Gasteiger partial charge in [-0.05, 0) is 18.2 Å². The molecular weight excluding hydrogens is 364 g/mol. The molecule has 144 valence electrons. The van der Waals surface area contributed by atoms with Gasteiger partial charge in [0.2, 0.25) is 17.6 Å². The molecule has 3 rings (SSSR count). The van der Waals surface area contributed by atoms with Crippen LogP contribution in [0.1, 0.15) is 12.3 Å². The second-order valence-corrected chi connectivity index (χ2v) is 5.80.